The normalized spacial score (nSPS) is 9.85. The molecule has 0 fully saturated rings. The van der Waals surface area contributed by atoms with Gasteiger partial charge >= 0.3 is 0 Å². The number of thiocarbonyl (C=S) groups is 2. The van der Waals surface area contributed by atoms with Crippen LogP contribution in [0.2, 0.25) is 0 Å². The van der Waals surface area contributed by atoms with E-state index in [2.05, 4.69) is 31.0 Å². The largest absolute Gasteiger partial charge is 0.262 e. The minimum Gasteiger partial charge on any atom is -0.262 e. The molecule has 0 atom stereocenters. The van der Waals surface area contributed by atoms with Crippen LogP contribution in [0, 0.1) is 0 Å². The average Bonchev–Trinajstić information content (AvgIpc) is 2.70. The first-order chi connectivity index (χ1) is 12.7. The number of hydrogen-bond acceptors (Lipinski definition) is 8. The van der Waals surface area contributed by atoms with E-state index in [4.69, 9.17) is 24.4 Å². The third-order valence-electron chi connectivity index (χ3n) is 2.45. The van der Waals surface area contributed by atoms with Crippen molar-refractivity contribution in [2.24, 2.45) is 10.2 Å². The zero-order valence-corrected chi connectivity index (χ0v) is 18.8. The molecule has 0 bridgehead atoms. The Labute approximate surface area is 188 Å². The third kappa shape index (κ3) is 13.4. The van der Waals surface area contributed by atoms with E-state index in [0.29, 0.717) is 8.64 Å². The van der Waals surface area contributed by atoms with E-state index in [-0.39, 0.29) is 16.5 Å². The van der Waals surface area contributed by atoms with Crippen molar-refractivity contribution in [3.8, 4) is 0 Å². The van der Waals surface area contributed by atoms with Crippen molar-refractivity contribution >= 4 is 69.0 Å². The fourth-order valence-corrected chi connectivity index (χ4v) is 1.69. The van der Waals surface area contributed by atoms with E-state index >= 15 is 0 Å². The van der Waals surface area contributed by atoms with E-state index in [1.54, 1.807) is 24.8 Å². The minimum absolute atomic E-state index is 0. The quantitative estimate of drug-likeness (QED) is 0.298. The molecule has 2 N–H and O–H groups in total. The number of nitrogens with zero attached hydrogens (tertiary/aromatic N) is 4. The van der Waals surface area contributed by atoms with Gasteiger partial charge in [-0.2, -0.15) is 10.2 Å². The van der Waals surface area contributed by atoms with E-state index in [1.165, 1.54) is 23.5 Å². The molecule has 6 nitrogen and oxygen atoms in total. The molecule has 0 amide bonds. The van der Waals surface area contributed by atoms with Gasteiger partial charge in [-0.25, -0.2) is 0 Å². The van der Waals surface area contributed by atoms with Crippen LogP contribution in [0.15, 0.2) is 59.0 Å². The molecule has 0 radical (unpaired) electrons. The Morgan fingerprint density at radius 3 is 1.56 bits per heavy atom. The summed E-state index contributed by atoms with van der Waals surface area (Å²) in [6, 6.07) is 11.3. The van der Waals surface area contributed by atoms with Crippen LogP contribution in [-0.2, 0) is 16.5 Å². The molecule has 27 heavy (non-hydrogen) atoms. The van der Waals surface area contributed by atoms with E-state index < -0.39 is 0 Å². The maximum Gasteiger partial charge on any atom is 0.153 e. The van der Waals surface area contributed by atoms with Gasteiger partial charge < -0.3 is 0 Å². The fourth-order valence-electron chi connectivity index (χ4n) is 1.30. The molecule has 0 saturated heterocycles. The summed E-state index contributed by atoms with van der Waals surface area (Å²) in [6.45, 7) is 0. The molecule has 0 aliphatic heterocycles. The Morgan fingerprint density at radius 1 is 0.852 bits per heavy atom. The van der Waals surface area contributed by atoms with Crippen LogP contribution < -0.4 is 10.9 Å². The molecule has 2 rings (SSSR count). The molecule has 0 saturated carbocycles. The molecule has 0 aromatic carbocycles. The van der Waals surface area contributed by atoms with Crippen LogP contribution in [0.4, 0.5) is 0 Å². The molecule has 0 aliphatic rings. The maximum absolute atomic E-state index is 4.89. The standard InChI is InChI=1S/2C8H9N3S2.Ni/c2*1-13-8(12)11-10-6-7-4-2-3-5-9-7;/h2*2-6H,1H3,(H,11,12);. The van der Waals surface area contributed by atoms with Gasteiger partial charge in [-0.15, -0.1) is 0 Å². The van der Waals surface area contributed by atoms with Crippen LogP contribution in [0.25, 0.3) is 0 Å². The Kier molecular flexibility index (Phi) is 15.9. The van der Waals surface area contributed by atoms with Crippen LogP contribution >= 0.6 is 48.0 Å². The number of hydrogen-bond donors (Lipinski definition) is 2. The molecule has 0 unspecified atom stereocenters. The number of thioether (sulfide) groups is 2. The summed E-state index contributed by atoms with van der Waals surface area (Å²) in [5.41, 5.74) is 7.02. The number of aromatic nitrogens is 2. The Hall–Kier alpha value is -1.39. The number of pyridine rings is 2. The third-order valence-corrected chi connectivity index (χ3v) is 4.56. The van der Waals surface area contributed by atoms with Crippen molar-refractivity contribution in [1.29, 1.82) is 0 Å². The van der Waals surface area contributed by atoms with Gasteiger partial charge in [-0.05, 0) is 36.8 Å². The second-order valence-corrected chi connectivity index (χ2v) is 7.20. The Balaban J connectivity index is 0.000000483. The van der Waals surface area contributed by atoms with Crippen molar-refractivity contribution in [1.82, 2.24) is 20.8 Å². The summed E-state index contributed by atoms with van der Waals surface area (Å²) in [6.07, 6.45) is 10.5. The SMILES string of the molecule is CSC(=S)NN=Cc1ccccn1.CSC(=S)NN=Cc1ccccn1.[Ni]. The molecule has 2 aromatic rings. The van der Waals surface area contributed by atoms with Crippen molar-refractivity contribution < 1.29 is 16.5 Å². The summed E-state index contributed by atoms with van der Waals surface area (Å²) in [5.74, 6) is 0. The van der Waals surface area contributed by atoms with Gasteiger partial charge in [-0.1, -0.05) is 60.1 Å². The van der Waals surface area contributed by atoms with E-state index in [9.17, 15) is 0 Å². The molecular formula is C16H18N6NiS4. The molecular weight excluding hydrogens is 463 g/mol. The van der Waals surface area contributed by atoms with Crippen LogP contribution in [0.5, 0.6) is 0 Å². The second-order valence-electron chi connectivity index (χ2n) is 4.23. The van der Waals surface area contributed by atoms with Crippen LogP contribution in [-0.4, -0.2) is 43.5 Å². The monoisotopic (exact) mass is 480 g/mol. The average molecular weight is 481 g/mol. The maximum atomic E-state index is 4.89. The summed E-state index contributed by atoms with van der Waals surface area (Å²) >= 11 is 12.7. The molecule has 2 heterocycles. The topological polar surface area (TPSA) is 74.6 Å². The summed E-state index contributed by atoms with van der Waals surface area (Å²) < 4.78 is 1.29. The first-order valence-corrected chi connectivity index (χ1v) is 10.5. The summed E-state index contributed by atoms with van der Waals surface area (Å²) in [4.78, 5) is 8.12. The molecule has 0 spiro atoms. The summed E-state index contributed by atoms with van der Waals surface area (Å²) in [7, 11) is 0. The first kappa shape index (κ1) is 25.6. The van der Waals surface area contributed by atoms with Gasteiger partial charge in [0.2, 0.25) is 0 Å². The van der Waals surface area contributed by atoms with Crippen LogP contribution in [0.1, 0.15) is 11.4 Å². The van der Waals surface area contributed by atoms with Crippen LogP contribution in [0.3, 0.4) is 0 Å². The molecule has 11 heteroatoms. The van der Waals surface area contributed by atoms with E-state index in [0.717, 1.165) is 11.4 Å². The zero-order valence-electron chi connectivity index (χ0n) is 14.5. The Morgan fingerprint density at radius 2 is 1.26 bits per heavy atom. The number of hydrazone groups is 2. The van der Waals surface area contributed by atoms with E-state index in [1.807, 2.05) is 48.9 Å². The van der Waals surface area contributed by atoms with Gasteiger partial charge in [0, 0.05) is 28.9 Å². The van der Waals surface area contributed by atoms with Gasteiger partial charge in [0.15, 0.2) is 8.64 Å². The fraction of sp³-hybridized carbons (Fsp3) is 0.125. The van der Waals surface area contributed by atoms with Gasteiger partial charge in [0.1, 0.15) is 0 Å². The van der Waals surface area contributed by atoms with Gasteiger partial charge in [-0.3, -0.25) is 20.8 Å². The second kappa shape index (κ2) is 16.8. The predicted molar refractivity (Wildman–Crippen MR) is 122 cm³/mol. The predicted octanol–water partition coefficient (Wildman–Crippen LogP) is 3.30. The smallest absolute Gasteiger partial charge is 0.153 e. The molecule has 2 aromatic heterocycles. The van der Waals surface area contributed by atoms with Crippen molar-refractivity contribution in [2.75, 3.05) is 12.5 Å². The van der Waals surface area contributed by atoms with Crippen molar-refractivity contribution in [3.05, 3.63) is 60.2 Å². The summed E-state index contributed by atoms with van der Waals surface area (Å²) in [5, 5.41) is 7.83. The van der Waals surface area contributed by atoms with Crippen molar-refractivity contribution in [2.45, 2.75) is 0 Å². The number of nitrogens with one attached hydrogen (secondary N) is 2. The zero-order chi connectivity index (χ0) is 19.0. The van der Waals surface area contributed by atoms with Gasteiger partial charge in [0.25, 0.3) is 0 Å². The minimum atomic E-state index is 0. The molecule has 146 valence electrons. The number of rotatable bonds is 4. The Bertz CT molecular complexity index is 665. The van der Waals surface area contributed by atoms with Gasteiger partial charge in [0.05, 0.1) is 23.8 Å². The first-order valence-electron chi connectivity index (χ1n) is 7.21. The molecule has 0 aliphatic carbocycles. The van der Waals surface area contributed by atoms with Crippen molar-refractivity contribution in [3.63, 3.8) is 0 Å².